The van der Waals surface area contributed by atoms with Crippen LogP contribution < -0.4 is 9.47 Å². The molecule has 0 aromatic heterocycles. The Hall–Kier alpha value is -3.11. The standard InChI is InChI=1S/C25H28F3NO6/c26-25(27,28)24(31)35-23(30)12-13-29-14-17-34-22(18-29)19-8-10-21(11-9-19)33-16-5-4-15-32-20-6-2-1-3-7-20/h1-3,6-11,22H,4-5,12-18H2. The van der Waals surface area contributed by atoms with Crippen LogP contribution in [0.5, 0.6) is 11.5 Å². The van der Waals surface area contributed by atoms with E-state index >= 15 is 0 Å². The van der Waals surface area contributed by atoms with E-state index in [0.717, 1.165) is 29.9 Å². The third-order valence-corrected chi connectivity index (χ3v) is 5.29. The molecule has 2 aromatic rings. The van der Waals surface area contributed by atoms with Gasteiger partial charge < -0.3 is 18.9 Å². The summed E-state index contributed by atoms with van der Waals surface area (Å²) in [6, 6.07) is 17.2. The van der Waals surface area contributed by atoms with Crippen molar-refractivity contribution in [3.63, 3.8) is 0 Å². The molecular formula is C25H28F3NO6. The van der Waals surface area contributed by atoms with E-state index in [9.17, 15) is 22.8 Å². The third kappa shape index (κ3) is 9.22. The minimum atomic E-state index is -5.19. The van der Waals surface area contributed by atoms with E-state index in [4.69, 9.17) is 14.2 Å². The minimum absolute atomic E-state index is 0.166. The predicted molar refractivity (Wildman–Crippen MR) is 120 cm³/mol. The van der Waals surface area contributed by atoms with Crippen molar-refractivity contribution in [2.24, 2.45) is 0 Å². The van der Waals surface area contributed by atoms with Gasteiger partial charge in [0.15, 0.2) is 0 Å². The largest absolute Gasteiger partial charge is 0.494 e. The predicted octanol–water partition coefficient (Wildman–Crippen LogP) is 4.32. The van der Waals surface area contributed by atoms with Crippen molar-refractivity contribution >= 4 is 11.9 Å². The van der Waals surface area contributed by atoms with Crippen molar-refractivity contribution in [2.75, 3.05) is 39.5 Å². The average molecular weight is 495 g/mol. The Balaban J connectivity index is 1.34. The number of ether oxygens (including phenoxy) is 4. The Bertz CT molecular complexity index is 936. The maximum Gasteiger partial charge on any atom is 0.491 e. The fourth-order valence-corrected chi connectivity index (χ4v) is 3.45. The Kier molecular flexibility index (Phi) is 9.92. The first kappa shape index (κ1) is 26.5. The van der Waals surface area contributed by atoms with Gasteiger partial charge in [0.1, 0.15) is 11.5 Å². The van der Waals surface area contributed by atoms with E-state index in [2.05, 4.69) is 4.74 Å². The van der Waals surface area contributed by atoms with Gasteiger partial charge in [0, 0.05) is 19.6 Å². The van der Waals surface area contributed by atoms with Crippen LogP contribution in [0.25, 0.3) is 0 Å². The van der Waals surface area contributed by atoms with E-state index < -0.39 is 18.1 Å². The summed E-state index contributed by atoms with van der Waals surface area (Å²) in [6.07, 6.45) is -4.03. The van der Waals surface area contributed by atoms with E-state index in [0.29, 0.717) is 32.9 Å². The van der Waals surface area contributed by atoms with Gasteiger partial charge in [-0.05, 0) is 42.7 Å². The normalized spacial score (nSPS) is 16.5. The molecule has 0 radical (unpaired) electrons. The molecule has 0 saturated carbocycles. The number of carbonyl (C=O) groups is 2. The molecule has 2 aromatic carbocycles. The Morgan fingerprint density at radius 2 is 1.57 bits per heavy atom. The second-order valence-electron chi connectivity index (χ2n) is 7.96. The fraction of sp³-hybridized carbons (Fsp3) is 0.440. The molecule has 35 heavy (non-hydrogen) atoms. The molecule has 0 aliphatic carbocycles. The Labute approximate surface area is 201 Å². The van der Waals surface area contributed by atoms with Crippen LogP contribution in [0.1, 0.15) is 30.9 Å². The van der Waals surface area contributed by atoms with Crippen molar-refractivity contribution in [1.82, 2.24) is 4.90 Å². The number of para-hydroxylation sites is 1. The smallest absolute Gasteiger partial charge is 0.491 e. The van der Waals surface area contributed by atoms with Gasteiger partial charge in [-0.1, -0.05) is 30.3 Å². The summed E-state index contributed by atoms with van der Waals surface area (Å²) < 4.78 is 57.6. The average Bonchev–Trinajstić information content (AvgIpc) is 2.85. The first-order chi connectivity index (χ1) is 16.8. The monoisotopic (exact) mass is 495 g/mol. The SMILES string of the molecule is O=C(CCN1CCOC(c2ccc(OCCCCOc3ccccc3)cc2)C1)OC(=O)C(F)(F)F. The summed E-state index contributed by atoms with van der Waals surface area (Å²) in [5, 5.41) is 0. The molecule has 1 saturated heterocycles. The van der Waals surface area contributed by atoms with Crippen LogP contribution in [-0.4, -0.2) is 62.5 Å². The molecule has 0 spiro atoms. The molecule has 3 rings (SSSR count). The van der Waals surface area contributed by atoms with Crippen LogP contribution in [-0.2, 0) is 19.1 Å². The second kappa shape index (κ2) is 13.1. The van der Waals surface area contributed by atoms with Crippen LogP contribution in [0.15, 0.2) is 54.6 Å². The molecule has 7 nitrogen and oxygen atoms in total. The molecule has 1 aliphatic heterocycles. The van der Waals surface area contributed by atoms with Crippen LogP contribution >= 0.6 is 0 Å². The van der Waals surface area contributed by atoms with Crippen molar-refractivity contribution in [3.05, 3.63) is 60.2 Å². The minimum Gasteiger partial charge on any atom is -0.494 e. The van der Waals surface area contributed by atoms with Gasteiger partial charge >= 0.3 is 18.1 Å². The number of alkyl halides is 3. The number of morpholine rings is 1. The molecule has 10 heteroatoms. The van der Waals surface area contributed by atoms with Crippen molar-refractivity contribution in [3.8, 4) is 11.5 Å². The Morgan fingerprint density at radius 1 is 0.943 bits per heavy atom. The first-order valence-corrected chi connectivity index (χ1v) is 11.4. The Morgan fingerprint density at radius 3 is 2.20 bits per heavy atom. The number of benzene rings is 2. The molecule has 1 fully saturated rings. The highest BCUT2D eigenvalue weighted by Gasteiger charge is 2.42. The lowest BCUT2D eigenvalue weighted by molar-refractivity contribution is -0.202. The topological polar surface area (TPSA) is 74.3 Å². The third-order valence-electron chi connectivity index (χ3n) is 5.29. The number of rotatable bonds is 11. The summed E-state index contributed by atoms with van der Waals surface area (Å²) in [6.45, 7) is 2.74. The maximum atomic E-state index is 12.2. The zero-order valence-corrected chi connectivity index (χ0v) is 19.2. The number of hydrogen-bond donors (Lipinski definition) is 0. The molecule has 1 unspecified atom stereocenters. The summed E-state index contributed by atoms with van der Waals surface area (Å²) in [5.41, 5.74) is 0.924. The number of esters is 2. The number of carbonyl (C=O) groups excluding carboxylic acids is 2. The summed E-state index contributed by atoms with van der Waals surface area (Å²) in [7, 11) is 0. The number of halogens is 3. The maximum absolute atomic E-state index is 12.2. The van der Waals surface area contributed by atoms with Crippen LogP contribution in [0.4, 0.5) is 13.2 Å². The first-order valence-electron chi connectivity index (χ1n) is 11.4. The van der Waals surface area contributed by atoms with E-state index in [1.54, 1.807) is 0 Å². The molecular weight excluding hydrogens is 467 g/mol. The molecule has 1 heterocycles. The van der Waals surface area contributed by atoms with Gasteiger partial charge in [-0.3, -0.25) is 9.69 Å². The quantitative estimate of drug-likeness (QED) is 0.261. The summed E-state index contributed by atoms with van der Waals surface area (Å²) in [4.78, 5) is 24.1. The molecule has 0 amide bonds. The van der Waals surface area contributed by atoms with Crippen LogP contribution in [0.3, 0.4) is 0 Å². The highest BCUT2D eigenvalue weighted by molar-refractivity contribution is 5.88. The number of hydrogen-bond acceptors (Lipinski definition) is 7. The van der Waals surface area contributed by atoms with Crippen LogP contribution in [0, 0.1) is 0 Å². The lowest BCUT2D eigenvalue weighted by Crippen LogP contribution is -2.39. The molecule has 0 N–H and O–H groups in total. The lowest BCUT2D eigenvalue weighted by atomic mass is 10.1. The van der Waals surface area contributed by atoms with Gasteiger partial charge in [0.2, 0.25) is 0 Å². The lowest BCUT2D eigenvalue weighted by Gasteiger charge is -2.33. The van der Waals surface area contributed by atoms with Gasteiger partial charge in [0.25, 0.3) is 0 Å². The molecule has 1 aliphatic rings. The summed E-state index contributed by atoms with van der Waals surface area (Å²) in [5.74, 6) is -2.11. The van der Waals surface area contributed by atoms with Gasteiger partial charge in [0.05, 0.1) is 32.3 Å². The van der Waals surface area contributed by atoms with Crippen molar-refractivity contribution < 1.29 is 41.7 Å². The summed E-state index contributed by atoms with van der Waals surface area (Å²) >= 11 is 0. The second-order valence-corrected chi connectivity index (χ2v) is 7.96. The molecule has 1 atom stereocenters. The number of nitrogens with zero attached hydrogens (tertiary/aromatic N) is 1. The molecule has 190 valence electrons. The highest BCUT2D eigenvalue weighted by Crippen LogP contribution is 2.25. The zero-order valence-electron chi connectivity index (χ0n) is 19.2. The van der Waals surface area contributed by atoms with E-state index in [1.807, 2.05) is 59.5 Å². The van der Waals surface area contributed by atoms with Crippen LogP contribution in [0.2, 0.25) is 0 Å². The van der Waals surface area contributed by atoms with Gasteiger partial charge in [-0.15, -0.1) is 0 Å². The van der Waals surface area contributed by atoms with E-state index in [-0.39, 0.29) is 19.1 Å². The van der Waals surface area contributed by atoms with Crippen molar-refractivity contribution in [1.29, 1.82) is 0 Å². The van der Waals surface area contributed by atoms with Gasteiger partial charge in [-0.2, -0.15) is 13.2 Å². The zero-order chi connectivity index (χ0) is 25.1. The van der Waals surface area contributed by atoms with Crippen molar-refractivity contribution in [2.45, 2.75) is 31.5 Å². The van der Waals surface area contributed by atoms with Gasteiger partial charge in [-0.25, -0.2) is 4.79 Å². The fourth-order valence-electron chi connectivity index (χ4n) is 3.45. The number of unbranched alkanes of at least 4 members (excludes halogenated alkanes) is 1. The highest BCUT2D eigenvalue weighted by atomic mass is 19.4. The van der Waals surface area contributed by atoms with E-state index in [1.165, 1.54) is 0 Å². The molecule has 0 bridgehead atoms.